The molecule has 0 saturated carbocycles. The number of allylic oxidation sites excluding steroid dienone is 1. The van der Waals surface area contributed by atoms with Crippen LogP contribution in [-0.4, -0.2) is 14.2 Å². The van der Waals surface area contributed by atoms with Crippen molar-refractivity contribution in [3.8, 4) is 11.5 Å². The zero-order valence-electron chi connectivity index (χ0n) is 13.2. The maximum absolute atomic E-state index is 12.8. The molecule has 0 heterocycles. The Bertz CT molecular complexity index is 707. The normalized spacial score (nSPS) is 13.2. The van der Waals surface area contributed by atoms with E-state index in [0.717, 1.165) is 40.2 Å². The first-order valence-electron chi connectivity index (χ1n) is 6.96. The van der Waals surface area contributed by atoms with E-state index in [1.54, 1.807) is 14.2 Å². The van der Waals surface area contributed by atoms with Crippen LogP contribution in [0.25, 0.3) is 11.3 Å². The van der Waals surface area contributed by atoms with Crippen LogP contribution in [0, 0.1) is 0 Å². The minimum atomic E-state index is 0. The molecule has 0 unspecified atom stereocenters. The van der Waals surface area contributed by atoms with E-state index in [1.807, 2.05) is 42.5 Å². The maximum Gasteiger partial charge on any atom is 1.00 e. The number of para-hydroxylation sites is 1. The average molecular weight is 304 g/mol. The molecule has 2 aromatic carbocycles. The summed E-state index contributed by atoms with van der Waals surface area (Å²) in [5, 5.41) is 12.8. The monoisotopic (exact) mass is 304 g/mol. The third kappa shape index (κ3) is 2.89. The van der Waals surface area contributed by atoms with Crippen molar-refractivity contribution in [2.75, 3.05) is 14.2 Å². The van der Waals surface area contributed by atoms with E-state index in [4.69, 9.17) is 9.47 Å². The zero-order chi connectivity index (χ0) is 14.8. The molecule has 4 heteroatoms. The van der Waals surface area contributed by atoms with Crippen molar-refractivity contribution in [2.45, 2.75) is 12.8 Å². The van der Waals surface area contributed by atoms with Crippen LogP contribution in [0.3, 0.4) is 0 Å². The van der Waals surface area contributed by atoms with Crippen LogP contribution in [0.5, 0.6) is 11.5 Å². The van der Waals surface area contributed by atoms with Crippen LogP contribution in [0.2, 0.25) is 0 Å². The van der Waals surface area contributed by atoms with Gasteiger partial charge in [-0.1, -0.05) is 36.1 Å². The van der Waals surface area contributed by atoms with Gasteiger partial charge < -0.3 is 14.6 Å². The molecule has 0 fully saturated rings. The molecule has 3 rings (SSSR count). The first kappa shape index (κ1) is 16.9. The molecular weight excluding hydrogens is 287 g/mol. The first-order chi connectivity index (χ1) is 10.3. The minimum Gasteiger partial charge on any atom is -0.872 e. The number of hydrogen-bond acceptors (Lipinski definition) is 3. The Kier molecular flexibility index (Phi) is 5.57. The van der Waals surface area contributed by atoms with Crippen LogP contribution >= 0.6 is 0 Å². The number of fused-ring (bicyclic) bond motifs is 1. The molecule has 108 valence electrons. The van der Waals surface area contributed by atoms with Gasteiger partial charge in [0.2, 0.25) is 0 Å². The molecule has 0 amide bonds. The molecule has 1 aliphatic carbocycles. The van der Waals surface area contributed by atoms with Gasteiger partial charge in [0.25, 0.3) is 0 Å². The van der Waals surface area contributed by atoms with E-state index in [9.17, 15) is 5.11 Å². The van der Waals surface area contributed by atoms with Crippen molar-refractivity contribution >= 4 is 11.3 Å². The third-order valence-electron chi connectivity index (χ3n) is 3.93. The molecule has 1 aliphatic rings. The fourth-order valence-corrected chi connectivity index (χ4v) is 2.90. The van der Waals surface area contributed by atoms with Gasteiger partial charge in [-0.25, -0.2) is 0 Å². The Hall–Kier alpha value is -1.42. The standard InChI is InChI=1S/C18H18O3.Na/c1-20-16-8-4-3-6-12(16)15-11-10-13-14(18(15)19)7-5-9-17(13)21-2;/h3-9,19H,10-11H2,1-2H3;/q;+1/p-1. The van der Waals surface area contributed by atoms with Gasteiger partial charge >= 0.3 is 29.6 Å². The van der Waals surface area contributed by atoms with E-state index in [0.29, 0.717) is 6.42 Å². The van der Waals surface area contributed by atoms with E-state index >= 15 is 0 Å². The minimum absolute atomic E-state index is 0. The summed E-state index contributed by atoms with van der Waals surface area (Å²) in [5.41, 5.74) is 3.44. The Labute approximate surface area is 152 Å². The summed E-state index contributed by atoms with van der Waals surface area (Å²) < 4.78 is 10.7. The summed E-state index contributed by atoms with van der Waals surface area (Å²) in [6.07, 6.45) is 1.51. The Balaban J connectivity index is 0.00000176. The molecular formula is C18H17NaO3. The molecule has 2 aromatic rings. The SMILES string of the molecule is COc1ccccc1C1=C([O-])c2cccc(OC)c2CC1.[Na+]. The topological polar surface area (TPSA) is 41.5 Å². The number of benzene rings is 2. The van der Waals surface area contributed by atoms with Gasteiger partial charge in [-0.3, -0.25) is 0 Å². The van der Waals surface area contributed by atoms with Crippen molar-refractivity contribution in [1.29, 1.82) is 0 Å². The van der Waals surface area contributed by atoms with Gasteiger partial charge in [0.05, 0.1) is 14.2 Å². The van der Waals surface area contributed by atoms with E-state index < -0.39 is 0 Å². The summed E-state index contributed by atoms with van der Waals surface area (Å²) in [6.45, 7) is 0. The van der Waals surface area contributed by atoms with E-state index in [1.165, 1.54) is 0 Å². The smallest absolute Gasteiger partial charge is 0.872 e. The fraction of sp³-hybridized carbons (Fsp3) is 0.222. The van der Waals surface area contributed by atoms with Gasteiger partial charge in [-0.2, -0.15) is 0 Å². The van der Waals surface area contributed by atoms with Crippen LogP contribution < -0.4 is 44.1 Å². The number of methoxy groups -OCH3 is 2. The molecule has 0 atom stereocenters. The van der Waals surface area contributed by atoms with Gasteiger partial charge in [0.15, 0.2) is 0 Å². The quantitative estimate of drug-likeness (QED) is 0.743. The molecule has 0 aromatic heterocycles. The van der Waals surface area contributed by atoms with Crippen molar-refractivity contribution < 1.29 is 44.1 Å². The van der Waals surface area contributed by atoms with Gasteiger partial charge in [0.1, 0.15) is 11.5 Å². The summed E-state index contributed by atoms with van der Waals surface area (Å²) >= 11 is 0. The van der Waals surface area contributed by atoms with Crippen LogP contribution in [0.1, 0.15) is 23.1 Å². The molecule has 0 N–H and O–H groups in total. The largest absolute Gasteiger partial charge is 1.00 e. The second kappa shape index (κ2) is 7.23. The van der Waals surface area contributed by atoms with E-state index in [-0.39, 0.29) is 35.3 Å². The third-order valence-corrected chi connectivity index (χ3v) is 3.93. The molecule has 0 saturated heterocycles. The number of hydrogen-bond donors (Lipinski definition) is 0. The van der Waals surface area contributed by atoms with Crippen LogP contribution in [0.15, 0.2) is 42.5 Å². The van der Waals surface area contributed by atoms with E-state index in [2.05, 4.69) is 0 Å². The zero-order valence-corrected chi connectivity index (χ0v) is 15.2. The van der Waals surface area contributed by atoms with Crippen molar-refractivity contribution in [1.82, 2.24) is 0 Å². The maximum atomic E-state index is 12.8. The first-order valence-corrected chi connectivity index (χ1v) is 6.96. The van der Waals surface area contributed by atoms with Crippen LogP contribution in [-0.2, 0) is 6.42 Å². The molecule has 22 heavy (non-hydrogen) atoms. The molecule has 3 nitrogen and oxygen atoms in total. The van der Waals surface area contributed by atoms with Gasteiger partial charge in [0, 0.05) is 11.1 Å². The fourth-order valence-electron chi connectivity index (χ4n) is 2.90. The Morgan fingerprint density at radius 2 is 1.45 bits per heavy atom. The van der Waals surface area contributed by atoms with Crippen molar-refractivity contribution in [3.05, 3.63) is 59.2 Å². The molecule has 0 aliphatic heterocycles. The second-order valence-electron chi connectivity index (χ2n) is 4.99. The predicted octanol–water partition coefficient (Wildman–Crippen LogP) is -0.117. The van der Waals surface area contributed by atoms with Crippen molar-refractivity contribution in [3.63, 3.8) is 0 Å². The molecule has 0 radical (unpaired) electrons. The average Bonchev–Trinajstić information content (AvgIpc) is 2.55. The van der Waals surface area contributed by atoms with Crippen LogP contribution in [0.4, 0.5) is 0 Å². The van der Waals surface area contributed by atoms with Gasteiger partial charge in [-0.05, 0) is 36.1 Å². The second-order valence-corrected chi connectivity index (χ2v) is 4.99. The Morgan fingerprint density at radius 1 is 0.818 bits per heavy atom. The predicted molar refractivity (Wildman–Crippen MR) is 81.1 cm³/mol. The summed E-state index contributed by atoms with van der Waals surface area (Å²) in [6, 6.07) is 13.3. The number of ether oxygens (including phenoxy) is 2. The summed E-state index contributed by atoms with van der Waals surface area (Å²) in [4.78, 5) is 0. The Morgan fingerprint density at radius 3 is 2.18 bits per heavy atom. The molecule has 0 bridgehead atoms. The molecule has 0 spiro atoms. The summed E-state index contributed by atoms with van der Waals surface area (Å²) in [5.74, 6) is 1.60. The summed E-state index contributed by atoms with van der Waals surface area (Å²) in [7, 11) is 3.27. The van der Waals surface area contributed by atoms with Gasteiger partial charge in [-0.15, -0.1) is 0 Å². The number of rotatable bonds is 3. The van der Waals surface area contributed by atoms with Crippen molar-refractivity contribution in [2.24, 2.45) is 0 Å².